The van der Waals surface area contributed by atoms with Crippen LogP contribution in [-0.4, -0.2) is 45.0 Å². The van der Waals surface area contributed by atoms with Gasteiger partial charge in [0.15, 0.2) is 0 Å². The molecule has 0 aromatic heterocycles. The summed E-state index contributed by atoms with van der Waals surface area (Å²) in [6.45, 7) is 6.53. The van der Waals surface area contributed by atoms with Gasteiger partial charge in [-0.25, -0.2) is 0 Å². The summed E-state index contributed by atoms with van der Waals surface area (Å²) in [5, 5.41) is 0.883. The van der Waals surface area contributed by atoms with Crippen LogP contribution in [-0.2, 0) is 14.2 Å². The standard InChI is InChI=1S/C12H25BrO3/c1-2-3-4-5-7-14-9-11-16-12-10-15-8-6-13/h2-12H2,1H3. The van der Waals surface area contributed by atoms with E-state index in [4.69, 9.17) is 14.2 Å². The number of rotatable bonds is 13. The molecule has 3 nitrogen and oxygen atoms in total. The normalized spacial score (nSPS) is 10.9. The highest BCUT2D eigenvalue weighted by molar-refractivity contribution is 9.09. The van der Waals surface area contributed by atoms with Gasteiger partial charge in [0.2, 0.25) is 0 Å². The summed E-state index contributed by atoms with van der Waals surface area (Å²) in [5.74, 6) is 0. The Morgan fingerprint density at radius 3 is 1.81 bits per heavy atom. The van der Waals surface area contributed by atoms with E-state index in [9.17, 15) is 0 Å². The summed E-state index contributed by atoms with van der Waals surface area (Å²) < 4.78 is 16.0. The lowest BCUT2D eigenvalue weighted by molar-refractivity contribution is 0.0168. The summed E-state index contributed by atoms with van der Waals surface area (Å²) >= 11 is 3.29. The zero-order valence-corrected chi connectivity index (χ0v) is 12.0. The van der Waals surface area contributed by atoms with E-state index in [1.807, 2.05) is 0 Å². The molecular weight excluding hydrogens is 272 g/mol. The highest BCUT2D eigenvalue weighted by Gasteiger charge is 1.91. The van der Waals surface area contributed by atoms with Gasteiger partial charge in [-0.1, -0.05) is 42.1 Å². The number of alkyl halides is 1. The zero-order valence-electron chi connectivity index (χ0n) is 10.4. The van der Waals surface area contributed by atoms with Crippen LogP contribution in [0.4, 0.5) is 0 Å². The fourth-order valence-corrected chi connectivity index (χ4v) is 1.46. The molecule has 98 valence electrons. The molecule has 0 unspecified atom stereocenters. The van der Waals surface area contributed by atoms with Gasteiger partial charge in [0.25, 0.3) is 0 Å². The molecule has 16 heavy (non-hydrogen) atoms. The Hall–Kier alpha value is 0.360. The second kappa shape index (κ2) is 15.4. The second-order valence-corrected chi connectivity index (χ2v) is 4.38. The third-order valence-electron chi connectivity index (χ3n) is 2.11. The quantitative estimate of drug-likeness (QED) is 0.386. The molecule has 0 aliphatic carbocycles. The van der Waals surface area contributed by atoms with Crippen molar-refractivity contribution < 1.29 is 14.2 Å². The third-order valence-corrected chi connectivity index (χ3v) is 2.43. The predicted octanol–water partition coefficient (Wildman–Crippen LogP) is 3.01. The maximum Gasteiger partial charge on any atom is 0.0701 e. The van der Waals surface area contributed by atoms with E-state index in [-0.39, 0.29) is 0 Å². The van der Waals surface area contributed by atoms with Crippen LogP contribution in [0.2, 0.25) is 0 Å². The van der Waals surface area contributed by atoms with Crippen molar-refractivity contribution in [3.05, 3.63) is 0 Å². The Labute approximate surface area is 108 Å². The van der Waals surface area contributed by atoms with E-state index in [0.29, 0.717) is 26.4 Å². The van der Waals surface area contributed by atoms with Gasteiger partial charge in [0.05, 0.1) is 33.0 Å². The van der Waals surface area contributed by atoms with Gasteiger partial charge < -0.3 is 14.2 Å². The van der Waals surface area contributed by atoms with Gasteiger partial charge in [-0.15, -0.1) is 0 Å². The van der Waals surface area contributed by atoms with Crippen molar-refractivity contribution in [2.45, 2.75) is 32.6 Å². The fourth-order valence-electron chi connectivity index (χ4n) is 1.23. The number of unbranched alkanes of at least 4 members (excludes halogenated alkanes) is 3. The van der Waals surface area contributed by atoms with Crippen LogP contribution in [0.25, 0.3) is 0 Å². The molecule has 0 N–H and O–H groups in total. The van der Waals surface area contributed by atoms with Crippen molar-refractivity contribution in [3.8, 4) is 0 Å². The molecule has 0 saturated heterocycles. The van der Waals surface area contributed by atoms with E-state index < -0.39 is 0 Å². The van der Waals surface area contributed by atoms with Crippen LogP contribution in [0.5, 0.6) is 0 Å². The molecule has 0 fully saturated rings. The summed E-state index contributed by atoms with van der Waals surface area (Å²) in [6.07, 6.45) is 5.03. The van der Waals surface area contributed by atoms with Crippen molar-refractivity contribution in [2.24, 2.45) is 0 Å². The van der Waals surface area contributed by atoms with Gasteiger partial charge in [0, 0.05) is 11.9 Å². The lowest BCUT2D eigenvalue weighted by Crippen LogP contribution is -2.10. The van der Waals surface area contributed by atoms with Gasteiger partial charge in [-0.05, 0) is 6.42 Å². The molecule has 0 radical (unpaired) electrons. The van der Waals surface area contributed by atoms with E-state index in [0.717, 1.165) is 18.5 Å². The molecule has 0 aromatic carbocycles. The number of hydrogen-bond donors (Lipinski definition) is 0. The van der Waals surface area contributed by atoms with Crippen LogP contribution < -0.4 is 0 Å². The Morgan fingerprint density at radius 2 is 1.25 bits per heavy atom. The molecule has 0 atom stereocenters. The Balaban J connectivity index is 2.83. The number of ether oxygens (including phenoxy) is 3. The van der Waals surface area contributed by atoms with Crippen molar-refractivity contribution in [3.63, 3.8) is 0 Å². The van der Waals surface area contributed by atoms with Gasteiger partial charge in [0.1, 0.15) is 0 Å². The minimum Gasteiger partial charge on any atom is -0.379 e. The molecule has 0 heterocycles. The van der Waals surface area contributed by atoms with Crippen LogP contribution in [0, 0.1) is 0 Å². The summed E-state index contributed by atoms with van der Waals surface area (Å²) in [4.78, 5) is 0. The molecule has 0 rings (SSSR count). The first-order valence-corrected chi connectivity index (χ1v) is 7.33. The lowest BCUT2D eigenvalue weighted by atomic mass is 10.2. The average Bonchev–Trinajstić information content (AvgIpc) is 2.31. The zero-order chi connectivity index (χ0) is 11.9. The first kappa shape index (κ1) is 16.4. The average molecular weight is 297 g/mol. The van der Waals surface area contributed by atoms with Crippen molar-refractivity contribution in [2.75, 3.05) is 45.0 Å². The summed E-state index contributed by atoms with van der Waals surface area (Å²) in [5.41, 5.74) is 0. The molecule has 0 aliphatic rings. The highest BCUT2D eigenvalue weighted by Crippen LogP contribution is 1.98. The monoisotopic (exact) mass is 296 g/mol. The smallest absolute Gasteiger partial charge is 0.0701 e. The highest BCUT2D eigenvalue weighted by atomic mass is 79.9. The number of hydrogen-bond acceptors (Lipinski definition) is 3. The van der Waals surface area contributed by atoms with Crippen molar-refractivity contribution in [1.82, 2.24) is 0 Å². The SMILES string of the molecule is CCCCCCOCCOCCOCCBr. The van der Waals surface area contributed by atoms with Gasteiger partial charge in [-0.2, -0.15) is 0 Å². The molecular formula is C12H25BrO3. The summed E-state index contributed by atoms with van der Waals surface area (Å²) in [6, 6.07) is 0. The van der Waals surface area contributed by atoms with Crippen molar-refractivity contribution >= 4 is 15.9 Å². The minimum atomic E-state index is 0.659. The van der Waals surface area contributed by atoms with E-state index in [1.54, 1.807) is 0 Å². The molecule has 0 bridgehead atoms. The van der Waals surface area contributed by atoms with Gasteiger partial charge in [-0.3, -0.25) is 0 Å². The van der Waals surface area contributed by atoms with Crippen LogP contribution in [0.1, 0.15) is 32.6 Å². The lowest BCUT2D eigenvalue weighted by Gasteiger charge is -2.06. The first-order chi connectivity index (χ1) is 7.91. The predicted molar refractivity (Wildman–Crippen MR) is 70.4 cm³/mol. The first-order valence-electron chi connectivity index (χ1n) is 6.21. The Kier molecular flexibility index (Phi) is 15.7. The second-order valence-electron chi connectivity index (χ2n) is 3.59. The molecule has 0 spiro atoms. The minimum absolute atomic E-state index is 0.659. The molecule has 0 aliphatic heterocycles. The van der Waals surface area contributed by atoms with E-state index in [1.165, 1.54) is 25.7 Å². The maximum absolute atomic E-state index is 5.43. The largest absolute Gasteiger partial charge is 0.379 e. The molecule has 4 heteroatoms. The fraction of sp³-hybridized carbons (Fsp3) is 1.00. The van der Waals surface area contributed by atoms with E-state index >= 15 is 0 Å². The number of halogens is 1. The molecule has 0 saturated carbocycles. The van der Waals surface area contributed by atoms with Crippen LogP contribution in [0.3, 0.4) is 0 Å². The molecule has 0 aromatic rings. The summed E-state index contributed by atoms with van der Waals surface area (Å²) in [7, 11) is 0. The third kappa shape index (κ3) is 14.4. The van der Waals surface area contributed by atoms with Crippen LogP contribution in [0.15, 0.2) is 0 Å². The van der Waals surface area contributed by atoms with Crippen molar-refractivity contribution in [1.29, 1.82) is 0 Å². The van der Waals surface area contributed by atoms with E-state index in [2.05, 4.69) is 22.9 Å². The van der Waals surface area contributed by atoms with Crippen LogP contribution >= 0.6 is 15.9 Å². The maximum atomic E-state index is 5.43. The Morgan fingerprint density at radius 1 is 0.688 bits per heavy atom. The Bertz CT molecular complexity index is 109. The topological polar surface area (TPSA) is 27.7 Å². The molecule has 0 amide bonds. The van der Waals surface area contributed by atoms with Gasteiger partial charge >= 0.3 is 0 Å².